The van der Waals surface area contributed by atoms with Crippen LogP contribution in [0.2, 0.25) is 0 Å². The lowest BCUT2D eigenvalue weighted by atomic mass is 9.76. The molecule has 8 rings (SSSR count). The first-order chi connectivity index (χ1) is 26.3. The zero-order chi connectivity index (χ0) is 37.2. The summed E-state index contributed by atoms with van der Waals surface area (Å²) in [4.78, 5) is 56.0. The van der Waals surface area contributed by atoms with Crippen LogP contribution in [0.4, 0.5) is 11.4 Å². The van der Waals surface area contributed by atoms with Crippen molar-refractivity contribution in [1.82, 2.24) is 15.1 Å². The van der Waals surface area contributed by atoms with Crippen LogP contribution in [0.3, 0.4) is 0 Å². The van der Waals surface area contributed by atoms with Crippen molar-refractivity contribution in [1.29, 1.82) is 0 Å². The number of imide groups is 2. The quantitative estimate of drug-likeness (QED) is 0.135. The Morgan fingerprint density at radius 1 is 0.778 bits per heavy atom. The number of phenolic OH excluding ortho intramolecular Hbond substituents is 1. The van der Waals surface area contributed by atoms with Gasteiger partial charge in [0.1, 0.15) is 17.5 Å². The molecule has 3 N–H and O–H groups in total. The number of nitrogens with zero attached hydrogens (tertiary/aromatic N) is 3. The molecule has 0 aliphatic carbocycles. The molecule has 1 unspecified atom stereocenters. The van der Waals surface area contributed by atoms with E-state index in [0.29, 0.717) is 6.61 Å². The molecule has 2 saturated heterocycles. The van der Waals surface area contributed by atoms with Crippen molar-refractivity contribution in [3.05, 3.63) is 119 Å². The summed E-state index contributed by atoms with van der Waals surface area (Å²) in [5, 5.41) is 15.7. The van der Waals surface area contributed by atoms with E-state index in [9.17, 15) is 24.3 Å². The topological polar surface area (TPSA) is 132 Å². The van der Waals surface area contributed by atoms with Gasteiger partial charge in [-0.1, -0.05) is 55.0 Å². The van der Waals surface area contributed by atoms with Crippen molar-refractivity contribution < 1.29 is 29.0 Å². The van der Waals surface area contributed by atoms with Crippen molar-refractivity contribution in [2.24, 2.45) is 0 Å². The van der Waals surface area contributed by atoms with E-state index in [2.05, 4.69) is 69.0 Å². The third-order valence-electron chi connectivity index (χ3n) is 11.3. The lowest BCUT2D eigenvalue weighted by molar-refractivity contribution is -0.136. The number of hydrogen-bond donors (Lipinski definition) is 3. The molecule has 3 atom stereocenters. The summed E-state index contributed by atoms with van der Waals surface area (Å²) in [6.07, 6.45) is 3.38. The molecule has 54 heavy (non-hydrogen) atoms. The number of anilines is 2. The summed E-state index contributed by atoms with van der Waals surface area (Å²) in [7, 11) is 0. The molecule has 2 fully saturated rings. The van der Waals surface area contributed by atoms with Crippen molar-refractivity contribution in [2.75, 3.05) is 56.1 Å². The van der Waals surface area contributed by atoms with Gasteiger partial charge >= 0.3 is 0 Å². The van der Waals surface area contributed by atoms with E-state index in [1.54, 1.807) is 30.3 Å². The molecule has 0 saturated carbocycles. The van der Waals surface area contributed by atoms with Crippen molar-refractivity contribution >= 4 is 35.0 Å². The second-order valence-electron chi connectivity index (χ2n) is 14.6. The minimum atomic E-state index is -0.963. The molecule has 0 radical (unpaired) electrons. The van der Waals surface area contributed by atoms with E-state index in [1.807, 2.05) is 12.1 Å². The Balaban J connectivity index is 0.788. The van der Waals surface area contributed by atoms with E-state index in [1.165, 1.54) is 16.8 Å². The largest absolute Gasteiger partial charge is 0.508 e. The van der Waals surface area contributed by atoms with Gasteiger partial charge in [-0.25, -0.2) is 0 Å². The minimum Gasteiger partial charge on any atom is -0.508 e. The van der Waals surface area contributed by atoms with Crippen molar-refractivity contribution in [3.8, 4) is 11.5 Å². The fourth-order valence-electron chi connectivity index (χ4n) is 8.37. The number of amides is 4. The number of rotatable bonds is 11. The molecule has 278 valence electrons. The standard InChI is InChI=1S/C43H45N5O6/c49-32-14-16-34-38(26-32)54-27-36(28-7-3-1-4-8-28)40(34)29-9-12-31(13-10-29)47-23-21-46(22-24-47)20-6-2-5-19-44-30-11-15-33-35(25-30)43(53)48(42(33)52)37-17-18-39(50)45-41(37)51/h1,3-4,7-16,25-26,36-37,40,44,49H,2,5-6,17-24,27H2,(H,45,50,51)/t36-,37?,40-/m1/s1. The second-order valence-corrected chi connectivity index (χ2v) is 14.6. The number of fused-ring (bicyclic) bond motifs is 2. The molecule has 4 aliphatic heterocycles. The summed E-state index contributed by atoms with van der Waals surface area (Å²) in [6, 6.07) is 29.2. The molecule has 4 heterocycles. The molecule has 4 aromatic rings. The Hall–Kier alpha value is -5.68. The Labute approximate surface area is 314 Å². The molecule has 0 bridgehead atoms. The minimum absolute atomic E-state index is 0.0974. The Morgan fingerprint density at radius 3 is 2.33 bits per heavy atom. The lowest BCUT2D eigenvalue weighted by Crippen LogP contribution is -2.54. The summed E-state index contributed by atoms with van der Waals surface area (Å²) < 4.78 is 6.15. The number of piperidine rings is 1. The predicted molar refractivity (Wildman–Crippen MR) is 205 cm³/mol. The third kappa shape index (κ3) is 7.15. The lowest BCUT2D eigenvalue weighted by Gasteiger charge is -2.37. The highest BCUT2D eigenvalue weighted by Crippen LogP contribution is 2.47. The van der Waals surface area contributed by atoms with Crippen LogP contribution in [-0.2, 0) is 9.59 Å². The predicted octanol–water partition coefficient (Wildman–Crippen LogP) is 5.51. The number of aromatic hydroxyl groups is 1. The Bertz CT molecular complexity index is 2050. The fourth-order valence-corrected chi connectivity index (χ4v) is 8.37. The zero-order valence-corrected chi connectivity index (χ0v) is 30.2. The molecule has 0 aromatic heterocycles. The van der Waals surface area contributed by atoms with Crippen LogP contribution in [-0.4, -0.2) is 90.5 Å². The molecular formula is C43H45N5O6. The van der Waals surface area contributed by atoms with Gasteiger partial charge in [-0.2, -0.15) is 0 Å². The van der Waals surface area contributed by atoms with Crippen LogP contribution in [0.1, 0.15) is 81.3 Å². The van der Waals surface area contributed by atoms with E-state index < -0.39 is 23.8 Å². The average Bonchev–Trinajstić information content (AvgIpc) is 3.44. The molecule has 4 amide bonds. The monoisotopic (exact) mass is 727 g/mol. The molecule has 11 nitrogen and oxygen atoms in total. The third-order valence-corrected chi connectivity index (χ3v) is 11.3. The summed E-state index contributed by atoms with van der Waals surface area (Å²) >= 11 is 0. The van der Waals surface area contributed by atoms with Crippen LogP contribution >= 0.6 is 0 Å². The maximum atomic E-state index is 13.1. The molecular weight excluding hydrogens is 683 g/mol. The number of piperazine rings is 1. The van der Waals surface area contributed by atoms with Gasteiger partial charge in [0.25, 0.3) is 11.8 Å². The second kappa shape index (κ2) is 15.4. The van der Waals surface area contributed by atoms with E-state index in [-0.39, 0.29) is 47.5 Å². The molecule has 4 aliphatic rings. The number of nitrogens with one attached hydrogen (secondary N) is 2. The highest BCUT2D eigenvalue weighted by atomic mass is 16.5. The Morgan fingerprint density at radius 2 is 1.56 bits per heavy atom. The smallest absolute Gasteiger partial charge is 0.262 e. The van der Waals surface area contributed by atoms with E-state index in [4.69, 9.17) is 4.74 Å². The molecule has 11 heteroatoms. The van der Waals surface area contributed by atoms with Crippen LogP contribution in [0.25, 0.3) is 0 Å². The first kappa shape index (κ1) is 35.4. The van der Waals surface area contributed by atoms with Crippen molar-refractivity contribution in [3.63, 3.8) is 0 Å². The van der Waals surface area contributed by atoms with Gasteiger partial charge < -0.3 is 20.1 Å². The van der Waals surface area contributed by atoms with Gasteiger partial charge in [-0.05, 0) is 73.3 Å². The van der Waals surface area contributed by atoms with Gasteiger partial charge in [-0.15, -0.1) is 0 Å². The van der Waals surface area contributed by atoms with Gasteiger partial charge in [-0.3, -0.25) is 34.3 Å². The molecule has 4 aromatic carbocycles. The number of hydrogen-bond acceptors (Lipinski definition) is 9. The molecule has 0 spiro atoms. The number of benzene rings is 4. The summed E-state index contributed by atoms with van der Waals surface area (Å²) in [5.41, 5.74) is 6.16. The average molecular weight is 728 g/mol. The van der Waals surface area contributed by atoms with Crippen molar-refractivity contribution in [2.45, 2.75) is 50.0 Å². The summed E-state index contributed by atoms with van der Waals surface area (Å²) in [6.45, 7) is 6.35. The highest BCUT2D eigenvalue weighted by molar-refractivity contribution is 6.23. The SMILES string of the molecule is O=C1CCC(N2C(=O)c3ccc(NCCCCCN4CCN(c5ccc([C@@H]6c7ccc(O)cc7OC[C@@H]6c6ccccc6)cc5)CC4)cc3C2=O)C(=O)N1. The van der Waals surface area contributed by atoms with Crippen LogP contribution in [0.5, 0.6) is 11.5 Å². The number of carbonyl (C=O) groups is 4. The maximum Gasteiger partial charge on any atom is 0.262 e. The van der Waals surface area contributed by atoms with Gasteiger partial charge in [0.2, 0.25) is 11.8 Å². The maximum absolute atomic E-state index is 13.1. The first-order valence-electron chi connectivity index (χ1n) is 19.0. The van der Waals surface area contributed by atoms with Gasteiger partial charge in [0.05, 0.1) is 17.7 Å². The number of unbranched alkanes of at least 4 members (excludes halogenated alkanes) is 2. The zero-order valence-electron chi connectivity index (χ0n) is 30.2. The van der Waals surface area contributed by atoms with Gasteiger partial charge in [0.15, 0.2) is 0 Å². The summed E-state index contributed by atoms with van der Waals surface area (Å²) in [5.74, 6) is -0.722. The number of phenols is 1. The normalized spacial score (nSPS) is 21.4. The number of ether oxygens (including phenoxy) is 1. The highest BCUT2D eigenvalue weighted by Gasteiger charge is 2.44. The Kier molecular flexibility index (Phi) is 10.1. The van der Waals surface area contributed by atoms with Crippen LogP contribution in [0.15, 0.2) is 91.0 Å². The van der Waals surface area contributed by atoms with E-state index >= 15 is 0 Å². The van der Waals surface area contributed by atoms with Crippen LogP contribution < -0.4 is 20.3 Å². The van der Waals surface area contributed by atoms with E-state index in [0.717, 1.165) is 80.4 Å². The first-order valence-corrected chi connectivity index (χ1v) is 19.0. The van der Waals surface area contributed by atoms with Gasteiger partial charge in [0, 0.05) is 74.0 Å². The van der Waals surface area contributed by atoms with Crippen LogP contribution in [0, 0.1) is 0 Å². The fraction of sp³-hybridized carbons (Fsp3) is 0.349. The number of carbonyl (C=O) groups excluding carboxylic acids is 4.